The van der Waals surface area contributed by atoms with Gasteiger partial charge < -0.3 is 15.7 Å². The summed E-state index contributed by atoms with van der Waals surface area (Å²) in [5.41, 5.74) is 9.59. The van der Waals surface area contributed by atoms with Crippen molar-refractivity contribution in [1.29, 1.82) is 0 Å². The van der Waals surface area contributed by atoms with E-state index in [-0.39, 0.29) is 5.84 Å². The number of ether oxygens (including phenoxy) is 1. The van der Waals surface area contributed by atoms with Gasteiger partial charge in [0.25, 0.3) is 0 Å². The molecule has 4 heteroatoms. The lowest BCUT2D eigenvalue weighted by Crippen LogP contribution is -2.12. The SMILES string of the molecule is Cc1cccc(OCc2ccc(/C(N)=N/O)cc2)c1C. The Morgan fingerprint density at radius 2 is 1.85 bits per heavy atom. The summed E-state index contributed by atoms with van der Waals surface area (Å²) >= 11 is 0. The lowest BCUT2D eigenvalue weighted by atomic mass is 10.1. The fraction of sp³-hybridized carbons (Fsp3) is 0.188. The molecule has 0 bridgehead atoms. The average molecular weight is 270 g/mol. The maximum atomic E-state index is 8.60. The number of aryl methyl sites for hydroxylation is 1. The molecule has 0 aliphatic carbocycles. The molecule has 0 saturated heterocycles. The quantitative estimate of drug-likeness (QED) is 0.388. The Morgan fingerprint density at radius 3 is 2.50 bits per heavy atom. The molecule has 2 rings (SSSR count). The Bertz CT molecular complexity index is 619. The first-order chi connectivity index (χ1) is 9.61. The van der Waals surface area contributed by atoms with Gasteiger partial charge in [-0.2, -0.15) is 0 Å². The summed E-state index contributed by atoms with van der Waals surface area (Å²) in [6.45, 7) is 4.60. The Labute approximate surface area is 118 Å². The van der Waals surface area contributed by atoms with E-state index in [1.165, 1.54) is 5.56 Å². The van der Waals surface area contributed by atoms with Gasteiger partial charge in [0.05, 0.1) is 0 Å². The number of nitrogens with two attached hydrogens (primary N) is 1. The number of hydrogen-bond donors (Lipinski definition) is 2. The maximum absolute atomic E-state index is 8.60. The first-order valence-electron chi connectivity index (χ1n) is 6.37. The van der Waals surface area contributed by atoms with Crippen molar-refractivity contribution in [3.05, 3.63) is 64.7 Å². The fourth-order valence-corrected chi connectivity index (χ4v) is 1.87. The molecule has 0 fully saturated rings. The van der Waals surface area contributed by atoms with Crippen molar-refractivity contribution < 1.29 is 9.94 Å². The molecule has 20 heavy (non-hydrogen) atoms. The summed E-state index contributed by atoms with van der Waals surface area (Å²) in [5.74, 6) is 0.998. The van der Waals surface area contributed by atoms with E-state index in [1.54, 1.807) is 12.1 Å². The van der Waals surface area contributed by atoms with Gasteiger partial charge in [-0.25, -0.2) is 0 Å². The molecule has 0 saturated carbocycles. The van der Waals surface area contributed by atoms with Gasteiger partial charge in [-0.15, -0.1) is 0 Å². The lowest BCUT2D eigenvalue weighted by molar-refractivity contribution is 0.304. The van der Waals surface area contributed by atoms with Crippen molar-refractivity contribution in [3.8, 4) is 5.75 Å². The van der Waals surface area contributed by atoms with Gasteiger partial charge in [0.1, 0.15) is 12.4 Å². The molecule has 0 aliphatic rings. The van der Waals surface area contributed by atoms with Crippen LogP contribution in [0.4, 0.5) is 0 Å². The molecule has 0 radical (unpaired) electrons. The van der Waals surface area contributed by atoms with Crippen LogP contribution in [0.3, 0.4) is 0 Å². The third kappa shape index (κ3) is 3.09. The van der Waals surface area contributed by atoms with Gasteiger partial charge in [0.2, 0.25) is 0 Å². The van der Waals surface area contributed by atoms with Gasteiger partial charge in [0.15, 0.2) is 5.84 Å². The summed E-state index contributed by atoms with van der Waals surface area (Å²) in [6, 6.07) is 13.4. The van der Waals surface area contributed by atoms with Crippen LogP contribution in [0.5, 0.6) is 5.75 Å². The van der Waals surface area contributed by atoms with Crippen molar-refractivity contribution in [2.45, 2.75) is 20.5 Å². The Kier molecular flexibility index (Phi) is 4.25. The Hall–Kier alpha value is -2.49. The highest BCUT2D eigenvalue weighted by molar-refractivity contribution is 5.96. The van der Waals surface area contributed by atoms with Gasteiger partial charge in [-0.3, -0.25) is 0 Å². The van der Waals surface area contributed by atoms with Crippen LogP contribution in [0.25, 0.3) is 0 Å². The van der Waals surface area contributed by atoms with E-state index in [2.05, 4.69) is 18.1 Å². The molecule has 0 aliphatic heterocycles. The molecule has 0 atom stereocenters. The number of nitrogens with zero attached hydrogens (tertiary/aromatic N) is 1. The van der Waals surface area contributed by atoms with Crippen molar-refractivity contribution in [3.63, 3.8) is 0 Å². The molecule has 104 valence electrons. The molecular formula is C16H18N2O2. The highest BCUT2D eigenvalue weighted by atomic mass is 16.5. The van der Waals surface area contributed by atoms with Crippen LogP contribution in [-0.4, -0.2) is 11.0 Å². The van der Waals surface area contributed by atoms with E-state index in [0.29, 0.717) is 12.2 Å². The minimum absolute atomic E-state index is 0.104. The molecule has 2 aromatic rings. The fourth-order valence-electron chi connectivity index (χ4n) is 1.87. The van der Waals surface area contributed by atoms with Crippen LogP contribution >= 0.6 is 0 Å². The van der Waals surface area contributed by atoms with Gasteiger partial charge in [-0.05, 0) is 36.6 Å². The molecular weight excluding hydrogens is 252 g/mol. The van der Waals surface area contributed by atoms with Crippen LogP contribution in [0.15, 0.2) is 47.6 Å². The van der Waals surface area contributed by atoms with Gasteiger partial charge in [-0.1, -0.05) is 41.6 Å². The molecule has 0 amide bonds. The highest BCUT2D eigenvalue weighted by Gasteiger charge is 2.03. The molecule has 3 N–H and O–H groups in total. The third-order valence-electron chi connectivity index (χ3n) is 3.31. The van der Waals surface area contributed by atoms with Crippen LogP contribution < -0.4 is 10.5 Å². The lowest BCUT2D eigenvalue weighted by Gasteiger charge is -2.11. The zero-order valence-electron chi connectivity index (χ0n) is 11.6. The summed E-state index contributed by atoms with van der Waals surface area (Å²) in [7, 11) is 0. The van der Waals surface area contributed by atoms with Crippen molar-refractivity contribution >= 4 is 5.84 Å². The van der Waals surface area contributed by atoms with Crippen LogP contribution in [-0.2, 0) is 6.61 Å². The van der Waals surface area contributed by atoms with E-state index < -0.39 is 0 Å². The van der Waals surface area contributed by atoms with Crippen LogP contribution in [0, 0.1) is 13.8 Å². The zero-order valence-corrected chi connectivity index (χ0v) is 11.6. The predicted octanol–water partition coefficient (Wildman–Crippen LogP) is 2.98. The number of benzene rings is 2. The van der Waals surface area contributed by atoms with E-state index in [4.69, 9.17) is 15.7 Å². The first kappa shape index (κ1) is 13.9. The minimum atomic E-state index is 0.104. The third-order valence-corrected chi connectivity index (χ3v) is 3.31. The van der Waals surface area contributed by atoms with E-state index >= 15 is 0 Å². The Morgan fingerprint density at radius 1 is 1.15 bits per heavy atom. The summed E-state index contributed by atoms with van der Waals surface area (Å²) in [4.78, 5) is 0. The second-order valence-corrected chi connectivity index (χ2v) is 4.67. The second kappa shape index (κ2) is 6.10. The standard InChI is InChI=1S/C16H18N2O2/c1-11-4-3-5-15(12(11)2)20-10-13-6-8-14(9-7-13)16(17)18-19/h3-9,19H,10H2,1-2H3,(H2,17,18). The van der Waals surface area contributed by atoms with E-state index in [0.717, 1.165) is 16.9 Å². The number of hydrogen-bond acceptors (Lipinski definition) is 3. The summed E-state index contributed by atoms with van der Waals surface area (Å²) in [5, 5.41) is 11.6. The van der Waals surface area contributed by atoms with Gasteiger partial charge in [0, 0.05) is 5.56 Å². The topological polar surface area (TPSA) is 67.8 Å². The average Bonchev–Trinajstić information content (AvgIpc) is 2.48. The van der Waals surface area contributed by atoms with Crippen LogP contribution in [0.2, 0.25) is 0 Å². The number of amidine groups is 1. The summed E-state index contributed by atoms with van der Waals surface area (Å²) in [6.07, 6.45) is 0. The monoisotopic (exact) mass is 270 g/mol. The predicted molar refractivity (Wildman–Crippen MR) is 79.2 cm³/mol. The first-order valence-corrected chi connectivity index (χ1v) is 6.37. The van der Waals surface area contributed by atoms with Gasteiger partial charge >= 0.3 is 0 Å². The molecule has 0 aromatic heterocycles. The largest absolute Gasteiger partial charge is 0.489 e. The molecule has 4 nitrogen and oxygen atoms in total. The molecule has 0 unspecified atom stereocenters. The Balaban J connectivity index is 2.06. The highest BCUT2D eigenvalue weighted by Crippen LogP contribution is 2.21. The molecule has 0 heterocycles. The van der Waals surface area contributed by atoms with Crippen molar-refractivity contribution in [1.82, 2.24) is 0 Å². The maximum Gasteiger partial charge on any atom is 0.170 e. The smallest absolute Gasteiger partial charge is 0.170 e. The van der Waals surface area contributed by atoms with Crippen molar-refractivity contribution in [2.75, 3.05) is 0 Å². The minimum Gasteiger partial charge on any atom is -0.489 e. The second-order valence-electron chi connectivity index (χ2n) is 4.67. The number of oxime groups is 1. The van der Waals surface area contributed by atoms with Crippen molar-refractivity contribution in [2.24, 2.45) is 10.9 Å². The summed E-state index contributed by atoms with van der Waals surface area (Å²) < 4.78 is 5.82. The van der Waals surface area contributed by atoms with Crippen LogP contribution in [0.1, 0.15) is 22.3 Å². The molecule has 2 aromatic carbocycles. The zero-order chi connectivity index (χ0) is 14.5. The molecule has 0 spiro atoms. The van der Waals surface area contributed by atoms with E-state index in [9.17, 15) is 0 Å². The normalized spacial score (nSPS) is 11.4. The van der Waals surface area contributed by atoms with E-state index in [1.807, 2.05) is 31.2 Å². The number of rotatable bonds is 4.